The van der Waals surface area contributed by atoms with Crippen molar-refractivity contribution in [2.45, 2.75) is 39.6 Å². The Bertz CT molecular complexity index is 901. The number of carbonyl (C=O) groups excluding carboxylic acids is 1. The second-order valence-electron chi connectivity index (χ2n) is 8.08. The van der Waals surface area contributed by atoms with Crippen molar-refractivity contribution in [2.75, 3.05) is 31.1 Å². The number of carbonyl (C=O) groups is 1. The minimum absolute atomic E-state index is 0. The Morgan fingerprint density at radius 3 is 2.13 bits per heavy atom. The Balaban J connectivity index is 0.00000480. The molecule has 0 saturated carbocycles. The predicted octanol–water partition coefficient (Wildman–Crippen LogP) is 0.578. The number of halogens is 4. The van der Waals surface area contributed by atoms with Crippen molar-refractivity contribution in [3.05, 3.63) is 23.3 Å². The number of amides is 1. The summed E-state index contributed by atoms with van der Waals surface area (Å²) in [6, 6.07) is 2.16. The molecule has 0 bridgehead atoms. The fraction of sp³-hybridized carbons (Fsp3) is 0.588. The van der Waals surface area contributed by atoms with Gasteiger partial charge in [-0.05, 0) is 39.8 Å². The summed E-state index contributed by atoms with van der Waals surface area (Å²) < 4.78 is 83.1. The summed E-state index contributed by atoms with van der Waals surface area (Å²) >= 11 is 0. The van der Waals surface area contributed by atoms with Crippen LogP contribution in [0.1, 0.15) is 31.9 Å². The molecule has 31 heavy (non-hydrogen) atoms. The maximum Gasteiger partial charge on any atom is 1.00 e. The average molecular weight is 494 g/mol. The third-order valence-corrected chi connectivity index (χ3v) is 4.70. The van der Waals surface area contributed by atoms with Crippen molar-refractivity contribution >= 4 is 29.3 Å². The molecule has 14 heteroatoms. The van der Waals surface area contributed by atoms with Crippen LogP contribution in [0.4, 0.5) is 27.3 Å². The molecule has 0 aliphatic carbocycles. The van der Waals surface area contributed by atoms with E-state index in [4.69, 9.17) is 4.74 Å². The van der Waals surface area contributed by atoms with Gasteiger partial charge in [0.25, 0.3) is 0 Å². The molecule has 0 N–H and O–H groups in total. The Hall–Kier alpha value is -0.539. The smallest absolute Gasteiger partial charge is 0.449 e. The molecule has 0 atom stereocenters. The van der Waals surface area contributed by atoms with Crippen molar-refractivity contribution < 1.29 is 90.3 Å². The van der Waals surface area contributed by atoms with Gasteiger partial charge in [-0.15, -0.1) is 0 Å². The molecule has 7 nitrogen and oxygen atoms in total. The maximum absolute atomic E-state index is 13.0. The first-order valence-corrected chi connectivity index (χ1v) is 10.6. The van der Waals surface area contributed by atoms with Crippen LogP contribution in [0.25, 0.3) is 0 Å². The van der Waals surface area contributed by atoms with Gasteiger partial charge < -0.3 is 31.7 Å². The molecule has 0 radical (unpaired) electrons. The summed E-state index contributed by atoms with van der Waals surface area (Å²) in [6.45, 7) is 2.46. The molecule has 1 aromatic rings. The quantitative estimate of drug-likeness (QED) is 0.339. The van der Waals surface area contributed by atoms with Crippen LogP contribution >= 0.6 is 0 Å². The number of hydrogen-bond donors (Lipinski definition) is 0. The van der Waals surface area contributed by atoms with Crippen LogP contribution < -0.4 is 60.5 Å². The molecule has 2 rings (SSSR count). The second kappa shape index (κ2) is 10.6. The van der Waals surface area contributed by atoms with Crippen molar-refractivity contribution in [3.63, 3.8) is 0 Å². The third kappa shape index (κ3) is 9.46. The number of benzene rings is 1. The summed E-state index contributed by atoms with van der Waals surface area (Å²) in [5.41, 5.74) is -0.436. The number of nitrogens with zero attached hydrogens (tertiary/aromatic N) is 2. The number of rotatable bonds is 5. The van der Waals surface area contributed by atoms with E-state index in [9.17, 15) is 30.0 Å². The van der Waals surface area contributed by atoms with Gasteiger partial charge in [-0.3, -0.25) is 0 Å². The molecule has 1 fully saturated rings. The molecule has 0 spiro atoms. The van der Waals surface area contributed by atoms with Crippen molar-refractivity contribution in [1.82, 2.24) is 4.90 Å². The van der Waals surface area contributed by atoms with Crippen molar-refractivity contribution in [2.24, 2.45) is 0 Å². The fourth-order valence-corrected chi connectivity index (χ4v) is 3.48. The zero-order valence-corrected chi connectivity index (χ0v) is 22.1. The van der Waals surface area contributed by atoms with E-state index in [0.717, 1.165) is 6.07 Å². The Morgan fingerprint density at radius 1 is 1.13 bits per heavy atom. The van der Waals surface area contributed by atoms with Gasteiger partial charge in [0.1, 0.15) is 11.4 Å². The van der Waals surface area contributed by atoms with Crippen LogP contribution in [0.15, 0.2) is 12.1 Å². The van der Waals surface area contributed by atoms with Crippen molar-refractivity contribution in [3.8, 4) is 5.75 Å². The molecule has 1 amide bonds. The van der Waals surface area contributed by atoms with Crippen LogP contribution in [0.2, 0.25) is 0 Å². The summed E-state index contributed by atoms with van der Waals surface area (Å²) in [5.74, 6) is -0.500. The molecule has 1 aliphatic rings. The monoisotopic (exact) mass is 494 g/mol. The van der Waals surface area contributed by atoms with Crippen LogP contribution in [0, 0.1) is 6.92 Å². The molecular formula is C17H24BF4KN2O5S. The number of hydrogen-bond acceptors (Lipinski definition) is 6. The van der Waals surface area contributed by atoms with Gasteiger partial charge in [0, 0.05) is 37.4 Å². The van der Waals surface area contributed by atoms with Gasteiger partial charge in [-0.1, -0.05) is 15.8 Å². The van der Waals surface area contributed by atoms with Crippen LogP contribution in [-0.2, 0) is 21.6 Å². The number of anilines is 1. The van der Waals surface area contributed by atoms with Crippen molar-refractivity contribution in [1.29, 1.82) is 0 Å². The van der Waals surface area contributed by atoms with E-state index in [1.807, 2.05) is 0 Å². The average Bonchev–Trinajstić information content (AvgIpc) is 2.53. The standard InChI is InChI=1S/C17H24BF4N2O5S.K/c1-12-14(23-5-7-24(8-6-23)16(25)28-17(2,3)4)9-13(11-18(19,20)21)10-15(12)29-30(22,26)27;/h9-10H,5-8,11H2,1-4H3;/q-1;+1. The molecule has 1 aromatic carbocycles. The van der Waals surface area contributed by atoms with E-state index in [2.05, 4.69) is 4.18 Å². The number of ether oxygens (including phenoxy) is 1. The summed E-state index contributed by atoms with van der Waals surface area (Å²) in [6.07, 6.45) is -1.77. The van der Waals surface area contributed by atoms with Gasteiger partial charge >= 0.3 is 75.0 Å². The van der Waals surface area contributed by atoms with E-state index >= 15 is 0 Å². The van der Waals surface area contributed by atoms with E-state index in [-0.39, 0.29) is 94.4 Å². The zero-order chi connectivity index (χ0) is 22.9. The van der Waals surface area contributed by atoms with Gasteiger partial charge in [0.2, 0.25) is 0 Å². The fourth-order valence-electron chi connectivity index (χ4n) is 3.09. The largest absolute Gasteiger partial charge is 1.00 e. The van der Waals surface area contributed by atoms with Gasteiger partial charge in [-0.25, -0.2) is 4.79 Å². The van der Waals surface area contributed by atoms with Gasteiger partial charge in [0.05, 0.1) is 0 Å². The van der Waals surface area contributed by atoms with Gasteiger partial charge in [-0.2, -0.15) is 8.42 Å². The zero-order valence-electron chi connectivity index (χ0n) is 18.1. The molecule has 0 unspecified atom stereocenters. The molecule has 170 valence electrons. The maximum atomic E-state index is 13.0. The minimum Gasteiger partial charge on any atom is -0.449 e. The molecule has 1 saturated heterocycles. The third-order valence-electron chi connectivity index (χ3n) is 4.32. The summed E-state index contributed by atoms with van der Waals surface area (Å²) in [7, 11) is -5.41. The normalized spacial score (nSPS) is 15.4. The van der Waals surface area contributed by atoms with Crippen LogP contribution in [-0.4, -0.2) is 58.2 Å². The van der Waals surface area contributed by atoms with E-state index < -0.39 is 41.2 Å². The molecule has 1 heterocycles. The first-order valence-electron chi connectivity index (χ1n) is 9.25. The Kier molecular flexibility index (Phi) is 9.74. The topological polar surface area (TPSA) is 76.2 Å². The molecular weight excluding hydrogens is 470 g/mol. The minimum atomic E-state index is -5.41. The first kappa shape index (κ1) is 28.5. The summed E-state index contributed by atoms with van der Waals surface area (Å²) in [4.78, 5) is 15.3. The van der Waals surface area contributed by atoms with E-state index in [0.29, 0.717) is 0 Å². The number of piperazine rings is 1. The van der Waals surface area contributed by atoms with Gasteiger partial charge in [0.15, 0.2) is 0 Å². The Labute approximate surface area is 222 Å². The van der Waals surface area contributed by atoms with Crippen LogP contribution in [0.5, 0.6) is 5.75 Å². The summed E-state index contributed by atoms with van der Waals surface area (Å²) in [5, 5.41) is 0. The Morgan fingerprint density at radius 2 is 1.68 bits per heavy atom. The molecule has 0 aromatic heterocycles. The first-order chi connectivity index (χ1) is 13.5. The van der Waals surface area contributed by atoms with E-state index in [1.165, 1.54) is 17.9 Å². The second-order valence-corrected chi connectivity index (χ2v) is 9.04. The van der Waals surface area contributed by atoms with Crippen LogP contribution in [0.3, 0.4) is 0 Å². The SMILES string of the molecule is Cc1c(OS(=O)(=O)F)cc(C[B-](F)(F)F)cc1N1CCN(C(=O)OC(C)(C)C)CC1.[K+]. The molecule has 1 aliphatic heterocycles. The van der Waals surface area contributed by atoms with E-state index in [1.54, 1.807) is 25.7 Å². The predicted molar refractivity (Wildman–Crippen MR) is 105 cm³/mol.